The standard InChI is InChI=1S/C16H17N3O2/c1-10-8-11(17)9-18-15(10)19-16(20)13-6-7-21-14-5-3-2-4-12(13)14/h2-5,8-9,13H,6-7,17H2,1H3,(H,18,19,20). The molecule has 3 N–H and O–H groups in total. The van der Waals surface area contributed by atoms with Crippen LogP contribution in [-0.2, 0) is 4.79 Å². The van der Waals surface area contributed by atoms with Crippen LogP contribution in [0.4, 0.5) is 11.5 Å². The second-order valence-corrected chi connectivity index (χ2v) is 5.15. The fraction of sp³-hybridized carbons (Fsp3) is 0.250. The van der Waals surface area contributed by atoms with Gasteiger partial charge in [0.05, 0.1) is 24.4 Å². The molecule has 0 radical (unpaired) electrons. The van der Waals surface area contributed by atoms with Crippen molar-refractivity contribution in [2.24, 2.45) is 0 Å². The lowest BCUT2D eigenvalue weighted by Crippen LogP contribution is -2.27. The second-order valence-electron chi connectivity index (χ2n) is 5.15. The van der Waals surface area contributed by atoms with Gasteiger partial charge in [0.2, 0.25) is 5.91 Å². The van der Waals surface area contributed by atoms with Crippen molar-refractivity contribution in [2.45, 2.75) is 19.3 Å². The molecule has 108 valence electrons. The van der Waals surface area contributed by atoms with E-state index in [4.69, 9.17) is 10.5 Å². The van der Waals surface area contributed by atoms with E-state index in [2.05, 4.69) is 10.3 Å². The van der Waals surface area contributed by atoms with Gasteiger partial charge in [0.25, 0.3) is 0 Å². The van der Waals surface area contributed by atoms with Gasteiger partial charge >= 0.3 is 0 Å². The summed E-state index contributed by atoms with van der Waals surface area (Å²) < 4.78 is 5.58. The number of amides is 1. The van der Waals surface area contributed by atoms with Gasteiger partial charge in [-0.3, -0.25) is 4.79 Å². The van der Waals surface area contributed by atoms with Crippen molar-refractivity contribution in [1.82, 2.24) is 4.98 Å². The van der Waals surface area contributed by atoms with Crippen LogP contribution in [0.3, 0.4) is 0 Å². The average molecular weight is 283 g/mol. The smallest absolute Gasteiger partial charge is 0.233 e. The van der Waals surface area contributed by atoms with Crippen molar-refractivity contribution >= 4 is 17.4 Å². The molecule has 1 amide bonds. The Labute approximate surface area is 123 Å². The molecule has 2 heterocycles. The Hall–Kier alpha value is -2.56. The van der Waals surface area contributed by atoms with Crippen molar-refractivity contribution in [3.63, 3.8) is 0 Å². The maximum absolute atomic E-state index is 12.5. The molecule has 0 fully saturated rings. The zero-order valence-electron chi connectivity index (χ0n) is 11.8. The van der Waals surface area contributed by atoms with E-state index in [9.17, 15) is 4.79 Å². The highest BCUT2D eigenvalue weighted by Crippen LogP contribution is 2.34. The highest BCUT2D eigenvalue weighted by atomic mass is 16.5. The zero-order valence-corrected chi connectivity index (χ0v) is 11.8. The number of fused-ring (bicyclic) bond motifs is 1. The number of carbonyl (C=O) groups is 1. The molecule has 0 bridgehead atoms. The van der Waals surface area contributed by atoms with Crippen LogP contribution in [0.15, 0.2) is 36.5 Å². The van der Waals surface area contributed by atoms with Gasteiger partial charge in [-0.25, -0.2) is 4.98 Å². The SMILES string of the molecule is Cc1cc(N)cnc1NC(=O)C1CCOc2ccccc21. The summed E-state index contributed by atoms with van der Waals surface area (Å²) in [5, 5.41) is 2.89. The molecule has 0 saturated carbocycles. The summed E-state index contributed by atoms with van der Waals surface area (Å²) in [6.45, 7) is 2.42. The molecule has 0 saturated heterocycles. The summed E-state index contributed by atoms with van der Waals surface area (Å²) in [6, 6.07) is 9.44. The average Bonchev–Trinajstić information content (AvgIpc) is 2.49. The third-order valence-corrected chi connectivity index (χ3v) is 3.62. The molecule has 5 heteroatoms. The van der Waals surface area contributed by atoms with Gasteiger partial charge in [0.15, 0.2) is 0 Å². The molecular weight excluding hydrogens is 266 g/mol. The highest BCUT2D eigenvalue weighted by Gasteiger charge is 2.27. The molecule has 1 aliphatic rings. The quantitative estimate of drug-likeness (QED) is 0.887. The van der Waals surface area contributed by atoms with E-state index in [1.807, 2.05) is 31.2 Å². The van der Waals surface area contributed by atoms with Crippen molar-refractivity contribution in [2.75, 3.05) is 17.7 Å². The van der Waals surface area contributed by atoms with E-state index in [-0.39, 0.29) is 11.8 Å². The molecule has 0 spiro atoms. The molecular formula is C16H17N3O2. The number of para-hydroxylation sites is 1. The predicted molar refractivity (Wildman–Crippen MR) is 81.3 cm³/mol. The van der Waals surface area contributed by atoms with Crippen LogP contribution in [0.25, 0.3) is 0 Å². The minimum Gasteiger partial charge on any atom is -0.493 e. The predicted octanol–water partition coefficient (Wildman–Crippen LogP) is 2.48. The number of nitrogen functional groups attached to an aromatic ring is 1. The molecule has 1 aliphatic heterocycles. The number of carbonyl (C=O) groups excluding carboxylic acids is 1. The Balaban J connectivity index is 1.83. The van der Waals surface area contributed by atoms with Gasteiger partial charge in [0, 0.05) is 5.56 Å². The van der Waals surface area contributed by atoms with Gasteiger partial charge < -0.3 is 15.8 Å². The number of hydrogen-bond acceptors (Lipinski definition) is 4. The Morgan fingerprint density at radius 2 is 2.24 bits per heavy atom. The first-order valence-corrected chi connectivity index (χ1v) is 6.90. The summed E-state index contributed by atoms with van der Waals surface area (Å²) >= 11 is 0. The lowest BCUT2D eigenvalue weighted by molar-refractivity contribution is -0.118. The Kier molecular flexibility index (Phi) is 3.48. The Bertz CT molecular complexity index is 685. The Morgan fingerprint density at radius 1 is 1.43 bits per heavy atom. The summed E-state index contributed by atoms with van der Waals surface area (Å²) in [4.78, 5) is 16.7. The van der Waals surface area contributed by atoms with Crippen LogP contribution in [0.2, 0.25) is 0 Å². The van der Waals surface area contributed by atoms with Crippen LogP contribution >= 0.6 is 0 Å². The minimum absolute atomic E-state index is 0.0638. The van der Waals surface area contributed by atoms with Crippen molar-refractivity contribution in [3.8, 4) is 5.75 Å². The molecule has 1 aromatic carbocycles. The first kappa shape index (κ1) is 13.4. The maximum atomic E-state index is 12.5. The van der Waals surface area contributed by atoms with E-state index >= 15 is 0 Å². The number of aromatic nitrogens is 1. The molecule has 1 unspecified atom stereocenters. The third-order valence-electron chi connectivity index (χ3n) is 3.62. The second kappa shape index (κ2) is 5.44. The monoisotopic (exact) mass is 283 g/mol. The molecule has 21 heavy (non-hydrogen) atoms. The van der Waals surface area contributed by atoms with Gasteiger partial charge in [-0.05, 0) is 31.0 Å². The fourth-order valence-electron chi connectivity index (χ4n) is 2.55. The van der Waals surface area contributed by atoms with E-state index in [1.54, 1.807) is 12.3 Å². The number of hydrogen-bond donors (Lipinski definition) is 2. The number of aryl methyl sites for hydroxylation is 1. The van der Waals surface area contributed by atoms with E-state index in [0.717, 1.165) is 16.9 Å². The van der Waals surface area contributed by atoms with Crippen LogP contribution in [0, 0.1) is 6.92 Å². The van der Waals surface area contributed by atoms with Gasteiger partial charge in [-0.2, -0.15) is 0 Å². The Morgan fingerprint density at radius 3 is 3.05 bits per heavy atom. The first-order valence-electron chi connectivity index (χ1n) is 6.90. The van der Waals surface area contributed by atoms with Crippen LogP contribution in [0.5, 0.6) is 5.75 Å². The molecule has 5 nitrogen and oxygen atoms in total. The summed E-state index contributed by atoms with van der Waals surface area (Å²) in [5.74, 6) is 1.06. The molecule has 2 aromatic rings. The molecule has 0 aliphatic carbocycles. The number of benzene rings is 1. The first-order chi connectivity index (χ1) is 10.1. The zero-order chi connectivity index (χ0) is 14.8. The van der Waals surface area contributed by atoms with Crippen LogP contribution in [-0.4, -0.2) is 17.5 Å². The lowest BCUT2D eigenvalue weighted by atomic mass is 9.92. The maximum Gasteiger partial charge on any atom is 0.233 e. The van der Waals surface area contributed by atoms with Gasteiger partial charge in [-0.1, -0.05) is 18.2 Å². The van der Waals surface area contributed by atoms with E-state index < -0.39 is 0 Å². The number of nitrogens with zero attached hydrogens (tertiary/aromatic N) is 1. The topological polar surface area (TPSA) is 77.2 Å². The van der Waals surface area contributed by atoms with Crippen molar-refractivity contribution in [3.05, 3.63) is 47.7 Å². The number of nitrogens with two attached hydrogens (primary N) is 1. The number of pyridine rings is 1. The number of anilines is 2. The van der Waals surface area contributed by atoms with Crippen molar-refractivity contribution in [1.29, 1.82) is 0 Å². The van der Waals surface area contributed by atoms with Crippen LogP contribution < -0.4 is 15.8 Å². The van der Waals surface area contributed by atoms with E-state index in [1.165, 1.54) is 0 Å². The molecule has 1 aromatic heterocycles. The third kappa shape index (κ3) is 2.67. The number of ether oxygens (including phenoxy) is 1. The fourth-order valence-corrected chi connectivity index (χ4v) is 2.55. The lowest BCUT2D eigenvalue weighted by Gasteiger charge is -2.25. The van der Waals surface area contributed by atoms with Crippen molar-refractivity contribution < 1.29 is 9.53 Å². The van der Waals surface area contributed by atoms with E-state index in [0.29, 0.717) is 24.5 Å². The minimum atomic E-state index is -0.214. The van der Waals surface area contributed by atoms with Gasteiger partial charge in [-0.15, -0.1) is 0 Å². The summed E-state index contributed by atoms with van der Waals surface area (Å²) in [7, 11) is 0. The van der Waals surface area contributed by atoms with Crippen LogP contribution in [0.1, 0.15) is 23.5 Å². The summed E-state index contributed by atoms with van der Waals surface area (Å²) in [5.41, 5.74) is 8.03. The molecule has 1 atom stereocenters. The number of nitrogens with one attached hydrogen (secondary N) is 1. The normalized spacial score (nSPS) is 16.7. The number of rotatable bonds is 2. The largest absolute Gasteiger partial charge is 0.493 e. The van der Waals surface area contributed by atoms with Gasteiger partial charge in [0.1, 0.15) is 11.6 Å². The summed E-state index contributed by atoms with van der Waals surface area (Å²) in [6.07, 6.45) is 2.21. The highest BCUT2D eigenvalue weighted by molar-refractivity contribution is 5.96. The molecule has 3 rings (SSSR count).